The standard InChI is InChI=1S/C8H12/c1-7-3-5-8(2)6-4-7/h5H,1,3-4,6H2,2H3. The van der Waals surface area contributed by atoms with E-state index >= 15 is 0 Å². The Morgan fingerprint density at radius 2 is 2.25 bits per heavy atom. The average molecular weight is 108 g/mol. The fourth-order valence-electron chi connectivity index (χ4n) is 0.897. The first-order valence-corrected chi connectivity index (χ1v) is 3.11. The molecule has 0 atom stereocenters. The molecule has 1 aliphatic rings. The lowest BCUT2D eigenvalue weighted by Gasteiger charge is -2.09. The summed E-state index contributed by atoms with van der Waals surface area (Å²) in [5.41, 5.74) is 2.91. The first kappa shape index (κ1) is 5.61. The number of hydrogen-bond donors (Lipinski definition) is 0. The predicted molar refractivity (Wildman–Crippen MR) is 36.7 cm³/mol. The van der Waals surface area contributed by atoms with E-state index in [0.29, 0.717) is 0 Å². The van der Waals surface area contributed by atoms with Gasteiger partial charge in [-0.15, -0.1) is 0 Å². The van der Waals surface area contributed by atoms with Crippen molar-refractivity contribution in [2.75, 3.05) is 0 Å². The van der Waals surface area contributed by atoms with Crippen LogP contribution in [0.4, 0.5) is 0 Å². The Labute approximate surface area is 50.9 Å². The van der Waals surface area contributed by atoms with E-state index in [-0.39, 0.29) is 0 Å². The minimum atomic E-state index is 1.12. The molecule has 0 bridgehead atoms. The van der Waals surface area contributed by atoms with E-state index in [1.54, 1.807) is 0 Å². The fraction of sp³-hybridized carbons (Fsp3) is 0.500. The van der Waals surface area contributed by atoms with Gasteiger partial charge in [0.25, 0.3) is 0 Å². The van der Waals surface area contributed by atoms with Crippen molar-refractivity contribution >= 4 is 0 Å². The van der Waals surface area contributed by atoms with Crippen LogP contribution in [0.2, 0.25) is 0 Å². The van der Waals surface area contributed by atoms with Gasteiger partial charge >= 0.3 is 0 Å². The number of rotatable bonds is 0. The molecule has 0 nitrogen and oxygen atoms in total. The zero-order chi connectivity index (χ0) is 5.98. The van der Waals surface area contributed by atoms with E-state index < -0.39 is 0 Å². The maximum atomic E-state index is 3.90. The van der Waals surface area contributed by atoms with Gasteiger partial charge in [0.2, 0.25) is 0 Å². The summed E-state index contributed by atoms with van der Waals surface area (Å²) < 4.78 is 0. The first-order valence-electron chi connectivity index (χ1n) is 3.11. The highest BCUT2D eigenvalue weighted by molar-refractivity contribution is 5.14. The minimum Gasteiger partial charge on any atom is -0.0995 e. The third-order valence-corrected chi connectivity index (χ3v) is 1.61. The van der Waals surface area contributed by atoms with E-state index in [1.807, 2.05) is 0 Å². The molecule has 0 amide bonds. The van der Waals surface area contributed by atoms with Crippen molar-refractivity contribution in [2.24, 2.45) is 0 Å². The quantitative estimate of drug-likeness (QED) is 0.418. The molecule has 0 aromatic rings. The van der Waals surface area contributed by atoms with Crippen molar-refractivity contribution in [3.8, 4) is 0 Å². The van der Waals surface area contributed by atoms with Gasteiger partial charge in [0.05, 0.1) is 0 Å². The third-order valence-electron chi connectivity index (χ3n) is 1.61. The zero-order valence-corrected chi connectivity index (χ0v) is 5.41. The van der Waals surface area contributed by atoms with Crippen molar-refractivity contribution < 1.29 is 0 Å². The highest BCUT2D eigenvalue weighted by atomic mass is 14.1. The van der Waals surface area contributed by atoms with Gasteiger partial charge in [-0.05, 0) is 26.2 Å². The van der Waals surface area contributed by atoms with Crippen molar-refractivity contribution in [1.82, 2.24) is 0 Å². The van der Waals surface area contributed by atoms with Crippen LogP contribution in [0.3, 0.4) is 0 Å². The molecule has 0 fully saturated rings. The average Bonchev–Trinajstić information content (AvgIpc) is 1.77. The topological polar surface area (TPSA) is 0 Å². The van der Waals surface area contributed by atoms with Gasteiger partial charge in [-0.3, -0.25) is 0 Å². The smallest absolute Gasteiger partial charge is 0.0139 e. The van der Waals surface area contributed by atoms with Crippen molar-refractivity contribution in [1.29, 1.82) is 0 Å². The summed E-state index contributed by atoms with van der Waals surface area (Å²) in [6, 6.07) is 0. The maximum Gasteiger partial charge on any atom is -0.0139 e. The van der Waals surface area contributed by atoms with E-state index in [9.17, 15) is 0 Å². The summed E-state index contributed by atoms with van der Waals surface area (Å²) in [7, 11) is 0. The molecule has 0 heteroatoms. The van der Waals surface area contributed by atoms with Gasteiger partial charge in [0.1, 0.15) is 0 Å². The normalized spacial score (nSPS) is 20.6. The van der Waals surface area contributed by atoms with Crippen molar-refractivity contribution in [2.45, 2.75) is 26.2 Å². The lowest BCUT2D eigenvalue weighted by Crippen LogP contribution is -1.89. The second-order valence-corrected chi connectivity index (χ2v) is 2.50. The Kier molecular flexibility index (Phi) is 1.52. The number of allylic oxidation sites excluding steroid dienone is 3. The second-order valence-electron chi connectivity index (χ2n) is 2.50. The number of hydrogen-bond acceptors (Lipinski definition) is 0. The molecule has 0 aliphatic heterocycles. The van der Waals surface area contributed by atoms with Gasteiger partial charge in [-0.2, -0.15) is 0 Å². The molecule has 0 N–H and O–H groups in total. The van der Waals surface area contributed by atoms with Crippen LogP contribution >= 0.6 is 0 Å². The first-order chi connectivity index (χ1) is 3.79. The summed E-state index contributed by atoms with van der Waals surface area (Å²) >= 11 is 0. The molecule has 0 radical (unpaired) electrons. The molecular weight excluding hydrogens is 96.1 g/mol. The summed E-state index contributed by atoms with van der Waals surface area (Å²) in [6.45, 7) is 6.09. The SMILES string of the molecule is C=C1CC=C(C)CC1. The van der Waals surface area contributed by atoms with Crippen LogP contribution in [-0.2, 0) is 0 Å². The van der Waals surface area contributed by atoms with Gasteiger partial charge in [0, 0.05) is 0 Å². The van der Waals surface area contributed by atoms with Crippen LogP contribution in [0.5, 0.6) is 0 Å². The Bertz CT molecular complexity index is 129. The molecule has 0 spiro atoms. The molecule has 8 heavy (non-hydrogen) atoms. The molecular formula is C8H12. The minimum absolute atomic E-state index is 1.12. The van der Waals surface area contributed by atoms with Crippen LogP contribution in [0.15, 0.2) is 23.8 Å². The van der Waals surface area contributed by atoms with Gasteiger partial charge in [-0.1, -0.05) is 23.8 Å². The van der Waals surface area contributed by atoms with E-state index in [0.717, 1.165) is 6.42 Å². The van der Waals surface area contributed by atoms with Crippen molar-refractivity contribution in [3.63, 3.8) is 0 Å². The monoisotopic (exact) mass is 108 g/mol. The van der Waals surface area contributed by atoms with E-state index in [4.69, 9.17) is 0 Å². The summed E-state index contributed by atoms with van der Waals surface area (Å²) in [6.07, 6.45) is 5.83. The van der Waals surface area contributed by atoms with Crippen LogP contribution in [0.1, 0.15) is 26.2 Å². The van der Waals surface area contributed by atoms with Crippen LogP contribution in [0, 0.1) is 0 Å². The Morgan fingerprint density at radius 3 is 2.62 bits per heavy atom. The molecule has 0 aromatic heterocycles. The second kappa shape index (κ2) is 2.17. The lowest BCUT2D eigenvalue weighted by molar-refractivity contribution is 0.854. The molecule has 0 aromatic carbocycles. The molecule has 1 aliphatic carbocycles. The zero-order valence-electron chi connectivity index (χ0n) is 5.41. The molecule has 0 unspecified atom stereocenters. The van der Waals surface area contributed by atoms with Crippen LogP contribution in [-0.4, -0.2) is 0 Å². The van der Waals surface area contributed by atoms with Crippen LogP contribution < -0.4 is 0 Å². The maximum absolute atomic E-state index is 3.90. The lowest BCUT2D eigenvalue weighted by atomic mass is 9.97. The van der Waals surface area contributed by atoms with Gasteiger partial charge in [0.15, 0.2) is 0 Å². The third kappa shape index (κ3) is 1.22. The Morgan fingerprint density at radius 1 is 1.50 bits per heavy atom. The summed E-state index contributed by atoms with van der Waals surface area (Å²) in [4.78, 5) is 0. The Balaban J connectivity index is 2.55. The van der Waals surface area contributed by atoms with Gasteiger partial charge in [-0.25, -0.2) is 0 Å². The van der Waals surface area contributed by atoms with Crippen molar-refractivity contribution in [3.05, 3.63) is 23.8 Å². The highest BCUT2D eigenvalue weighted by Gasteiger charge is 1.99. The summed E-state index contributed by atoms with van der Waals surface area (Å²) in [5.74, 6) is 0. The highest BCUT2D eigenvalue weighted by Crippen LogP contribution is 2.19. The largest absolute Gasteiger partial charge is 0.0995 e. The summed E-state index contributed by atoms with van der Waals surface area (Å²) in [5, 5.41) is 0. The molecule has 1 rings (SSSR count). The molecule has 0 saturated carbocycles. The van der Waals surface area contributed by atoms with Crippen LogP contribution in [0.25, 0.3) is 0 Å². The van der Waals surface area contributed by atoms with Gasteiger partial charge < -0.3 is 0 Å². The molecule has 0 saturated heterocycles. The molecule has 44 valence electrons. The van der Waals surface area contributed by atoms with E-state index in [1.165, 1.54) is 24.0 Å². The predicted octanol–water partition coefficient (Wildman–Crippen LogP) is 2.67. The van der Waals surface area contributed by atoms with E-state index in [2.05, 4.69) is 19.6 Å². The Hall–Kier alpha value is -0.520. The fourth-order valence-corrected chi connectivity index (χ4v) is 0.897. The molecule has 0 heterocycles.